The van der Waals surface area contributed by atoms with Gasteiger partial charge in [0.05, 0.1) is 4.92 Å². The summed E-state index contributed by atoms with van der Waals surface area (Å²) in [5, 5.41) is 13.7. The van der Waals surface area contributed by atoms with Crippen LogP contribution >= 0.6 is 0 Å². The molecule has 1 amide bonds. The van der Waals surface area contributed by atoms with Crippen LogP contribution in [0.2, 0.25) is 0 Å². The highest BCUT2D eigenvalue weighted by atomic mass is 16.6. The van der Waals surface area contributed by atoms with Gasteiger partial charge in [0.15, 0.2) is 0 Å². The summed E-state index contributed by atoms with van der Waals surface area (Å²) in [4.78, 5) is 33.7. The lowest BCUT2D eigenvalue weighted by atomic mass is 10.2. The quantitative estimate of drug-likeness (QED) is 0.475. The molecule has 0 aromatic heterocycles. The monoisotopic (exact) mass is 265 g/mol. The maximum atomic E-state index is 11.4. The predicted octanol–water partition coefficient (Wildman–Crippen LogP) is 1.30. The average Bonchev–Trinajstić information content (AvgIpc) is 2.38. The second-order valence-corrected chi connectivity index (χ2v) is 4.12. The Labute approximate surface area is 110 Å². The van der Waals surface area contributed by atoms with Crippen molar-refractivity contribution >= 4 is 23.6 Å². The molecule has 0 saturated heterocycles. The van der Waals surface area contributed by atoms with Gasteiger partial charge in [-0.25, -0.2) is 0 Å². The minimum absolute atomic E-state index is 0.0698. The van der Waals surface area contributed by atoms with Crippen molar-refractivity contribution in [1.82, 2.24) is 4.90 Å². The standard InChI is InChI=1S/C12H15N3O4/c1-14(2)12(17)5-6-13-10-4-3-9(8-16)7-11(10)15(18)19/h3-4,7-8,13H,5-6H2,1-2H3. The number of hydrogen-bond donors (Lipinski definition) is 1. The molecule has 1 aromatic rings. The van der Waals surface area contributed by atoms with E-state index >= 15 is 0 Å². The van der Waals surface area contributed by atoms with Crippen molar-refractivity contribution in [3.63, 3.8) is 0 Å². The second kappa shape index (κ2) is 6.48. The Morgan fingerprint density at radius 1 is 1.47 bits per heavy atom. The van der Waals surface area contributed by atoms with Crippen LogP contribution in [0.4, 0.5) is 11.4 Å². The third-order valence-corrected chi connectivity index (χ3v) is 2.51. The van der Waals surface area contributed by atoms with E-state index in [9.17, 15) is 19.7 Å². The van der Waals surface area contributed by atoms with E-state index in [0.717, 1.165) is 0 Å². The van der Waals surface area contributed by atoms with E-state index in [1.54, 1.807) is 14.1 Å². The van der Waals surface area contributed by atoms with Crippen molar-refractivity contribution in [2.45, 2.75) is 6.42 Å². The van der Waals surface area contributed by atoms with Crippen LogP contribution in [0.15, 0.2) is 18.2 Å². The van der Waals surface area contributed by atoms with Gasteiger partial charge in [-0.1, -0.05) is 0 Å². The third kappa shape index (κ3) is 4.06. The lowest BCUT2D eigenvalue weighted by Gasteiger charge is -2.11. The van der Waals surface area contributed by atoms with Crippen LogP contribution in [-0.2, 0) is 4.79 Å². The topological polar surface area (TPSA) is 92.6 Å². The first-order chi connectivity index (χ1) is 8.95. The average molecular weight is 265 g/mol. The summed E-state index contributed by atoms with van der Waals surface area (Å²) in [6.45, 7) is 0.290. The number of benzene rings is 1. The van der Waals surface area contributed by atoms with Gasteiger partial charge < -0.3 is 10.2 Å². The molecule has 1 aromatic carbocycles. The molecule has 7 heteroatoms. The number of nitro benzene ring substituents is 1. The molecule has 0 spiro atoms. The Bertz CT molecular complexity index is 500. The van der Waals surface area contributed by atoms with E-state index in [0.29, 0.717) is 12.0 Å². The number of anilines is 1. The van der Waals surface area contributed by atoms with E-state index in [4.69, 9.17) is 0 Å². The fraction of sp³-hybridized carbons (Fsp3) is 0.333. The number of nitro groups is 1. The normalized spacial score (nSPS) is 9.79. The van der Waals surface area contributed by atoms with E-state index in [1.807, 2.05) is 0 Å². The Balaban J connectivity index is 2.75. The highest BCUT2D eigenvalue weighted by molar-refractivity contribution is 5.80. The van der Waals surface area contributed by atoms with Gasteiger partial charge in [0.25, 0.3) is 5.69 Å². The van der Waals surface area contributed by atoms with Gasteiger partial charge in [0.1, 0.15) is 12.0 Å². The van der Waals surface area contributed by atoms with Crippen molar-refractivity contribution in [1.29, 1.82) is 0 Å². The molecule has 0 aliphatic rings. The van der Waals surface area contributed by atoms with Gasteiger partial charge in [-0.2, -0.15) is 0 Å². The van der Waals surface area contributed by atoms with Crippen molar-refractivity contribution in [2.75, 3.05) is 26.0 Å². The van der Waals surface area contributed by atoms with E-state index < -0.39 is 4.92 Å². The number of amides is 1. The molecule has 7 nitrogen and oxygen atoms in total. The Morgan fingerprint density at radius 2 is 2.16 bits per heavy atom. The highest BCUT2D eigenvalue weighted by Gasteiger charge is 2.14. The van der Waals surface area contributed by atoms with Crippen LogP contribution in [-0.4, -0.2) is 42.7 Å². The maximum Gasteiger partial charge on any atom is 0.293 e. The minimum Gasteiger partial charge on any atom is -0.379 e. The van der Waals surface area contributed by atoms with Crippen molar-refractivity contribution < 1.29 is 14.5 Å². The smallest absolute Gasteiger partial charge is 0.293 e. The number of carbonyl (C=O) groups excluding carboxylic acids is 2. The number of rotatable bonds is 6. The molecule has 0 heterocycles. The summed E-state index contributed by atoms with van der Waals surface area (Å²) in [7, 11) is 3.29. The Kier molecular flexibility index (Phi) is 4.99. The lowest BCUT2D eigenvalue weighted by Crippen LogP contribution is -2.24. The van der Waals surface area contributed by atoms with E-state index in [1.165, 1.54) is 23.1 Å². The number of nitrogens with one attached hydrogen (secondary N) is 1. The van der Waals surface area contributed by atoms with Crippen molar-refractivity contribution in [2.24, 2.45) is 0 Å². The third-order valence-electron chi connectivity index (χ3n) is 2.51. The zero-order valence-electron chi connectivity index (χ0n) is 10.8. The van der Waals surface area contributed by atoms with Gasteiger partial charge in [0, 0.05) is 38.7 Å². The molecular weight excluding hydrogens is 250 g/mol. The molecular formula is C12H15N3O4. The van der Waals surface area contributed by atoms with Crippen LogP contribution in [0.1, 0.15) is 16.8 Å². The summed E-state index contributed by atoms with van der Waals surface area (Å²) in [5.74, 6) is -0.0698. The predicted molar refractivity (Wildman–Crippen MR) is 70.3 cm³/mol. The molecule has 0 radical (unpaired) electrons. The van der Waals surface area contributed by atoms with Crippen LogP contribution in [0.25, 0.3) is 0 Å². The minimum atomic E-state index is -0.566. The van der Waals surface area contributed by atoms with Gasteiger partial charge in [-0.15, -0.1) is 0 Å². The molecule has 19 heavy (non-hydrogen) atoms. The van der Waals surface area contributed by atoms with Crippen LogP contribution in [0.5, 0.6) is 0 Å². The first-order valence-electron chi connectivity index (χ1n) is 5.63. The molecule has 0 unspecified atom stereocenters. The summed E-state index contributed by atoms with van der Waals surface area (Å²) in [6, 6.07) is 4.14. The van der Waals surface area contributed by atoms with E-state index in [2.05, 4.69) is 5.32 Å². The fourth-order valence-electron chi connectivity index (χ4n) is 1.45. The Hall–Kier alpha value is -2.44. The highest BCUT2D eigenvalue weighted by Crippen LogP contribution is 2.24. The molecule has 0 atom stereocenters. The van der Waals surface area contributed by atoms with Gasteiger partial charge >= 0.3 is 0 Å². The van der Waals surface area contributed by atoms with Crippen LogP contribution in [0.3, 0.4) is 0 Å². The second-order valence-electron chi connectivity index (χ2n) is 4.12. The molecule has 0 saturated carbocycles. The zero-order valence-corrected chi connectivity index (χ0v) is 10.8. The summed E-state index contributed by atoms with van der Waals surface area (Å²) < 4.78 is 0. The summed E-state index contributed by atoms with van der Waals surface area (Å²) in [5.41, 5.74) is 0.352. The van der Waals surface area contributed by atoms with Crippen LogP contribution < -0.4 is 5.32 Å². The first-order valence-corrected chi connectivity index (χ1v) is 5.63. The lowest BCUT2D eigenvalue weighted by molar-refractivity contribution is -0.384. The molecule has 102 valence electrons. The van der Waals surface area contributed by atoms with Crippen LogP contribution in [0, 0.1) is 10.1 Å². The molecule has 0 bridgehead atoms. The largest absolute Gasteiger partial charge is 0.379 e. The molecule has 0 aliphatic heterocycles. The number of aldehydes is 1. The molecule has 1 rings (SSSR count). The zero-order chi connectivity index (χ0) is 14.4. The van der Waals surface area contributed by atoms with E-state index in [-0.39, 0.29) is 30.1 Å². The molecule has 0 fully saturated rings. The SMILES string of the molecule is CN(C)C(=O)CCNc1ccc(C=O)cc1[N+](=O)[O-]. The summed E-state index contributed by atoms with van der Waals surface area (Å²) in [6.07, 6.45) is 0.784. The van der Waals surface area contributed by atoms with Gasteiger partial charge in [0.2, 0.25) is 5.91 Å². The fourth-order valence-corrected chi connectivity index (χ4v) is 1.45. The Morgan fingerprint density at radius 3 is 2.68 bits per heavy atom. The van der Waals surface area contributed by atoms with Gasteiger partial charge in [-0.05, 0) is 12.1 Å². The van der Waals surface area contributed by atoms with Gasteiger partial charge in [-0.3, -0.25) is 19.7 Å². The maximum absolute atomic E-state index is 11.4. The number of hydrogen-bond acceptors (Lipinski definition) is 5. The number of nitrogens with zero attached hydrogens (tertiary/aromatic N) is 2. The summed E-state index contributed by atoms with van der Waals surface area (Å²) >= 11 is 0. The van der Waals surface area contributed by atoms with Crippen molar-refractivity contribution in [3.8, 4) is 0 Å². The number of carbonyl (C=O) groups is 2. The van der Waals surface area contributed by atoms with Crippen molar-refractivity contribution in [3.05, 3.63) is 33.9 Å². The molecule has 1 N–H and O–H groups in total. The molecule has 0 aliphatic carbocycles. The first kappa shape index (κ1) is 14.6.